The van der Waals surface area contributed by atoms with Crippen LogP contribution in [0.3, 0.4) is 0 Å². The summed E-state index contributed by atoms with van der Waals surface area (Å²) in [5.74, 6) is 0.674. The maximum Gasteiger partial charge on any atom is 0.155 e. The van der Waals surface area contributed by atoms with E-state index in [4.69, 9.17) is 15.6 Å². The molecule has 0 radical (unpaired) electrons. The Morgan fingerprint density at radius 3 is 2.65 bits per heavy atom. The summed E-state index contributed by atoms with van der Waals surface area (Å²) < 4.78 is 5.38. The van der Waals surface area contributed by atoms with Crippen LogP contribution < -0.4 is 5.73 Å². The van der Waals surface area contributed by atoms with Gasteiger partial charge in [0.2, 0.25) is 0 Å². The van der Waals surface area contributed by atoms with E-state index in [0.717, 1.165) is 6.42 Å². The van der Waals surface area contributed by atoms with Gasteiger partial charge in [0.15, 0.2) is 6.29 Å². The van der Waals surface area contributed by atoms with Crippen molar-refractivity contribution in [3.8, 4) is 0 Å². The number of ether oxygens (including phenoxy) is 1. The Morgan fingerprint density at radius 1 is 1.29 bits per heavy atom. The molecular weight excluding hydrogens is 222 g/mol. The van der Waals surface area contributed by atoms with Crippen molar-refractivity contribution >= 4 is 0 Å². The van der Waals surface area contributed by atoms with Gasteiger partial charge in [-0.05, 0) is 30.6 Å². The molecule has 7 atom stereocenters. The Hall–Kier alpha value is -0.200. The van der Waals surface area contributed by atoms with Crippen LogP contribution in [0.2, 0.25) is 0 Å². The van der Waals surface area contributed by atoms with E-state index < -0.39 is 12.5 Å². The van der Waals surface area contributed by atoms with Crippen molar-refractivity contribution in [1.29, 1.82) is 0 Å². The average molecular weight is 245 g/mol. The van der Waals surface area contributed by atoms with Crippen molar-refractivity contribution in [1.82, 2.24) is 0 Å². The zero-order valence-corrected chi connectivity index (χ0v) is 10.2. The van der Waals surface area contributed by atoms with Gasteiger partial charge in [0.05, 0.1) is 12.2 Å². The molecule has 2 fully saturated rings. The maximum atomic E-state index is 10.1. The Bertz CT molecular complexity index is 261. The molecule has 2 aliphatic rings. The highest BCUT2D eigenvalue weighted by Gasteiger charge is 2.50. The first-order chi connectivity index (χ1) is 7.99. The summed E-state index contributed by atoms with van der Waals surface area (Å²) >= 11 is 0. The van der Waals surface area contributed by atoms with Gasteiger partial charge >= 0.3 is 0 Å². The van der Waals surface area contributed by atoms with Crippen LogP contribution >= 0.6 is 0 Å². The number of aliphatic hydroxyl groups is 3. The van der Waals surface area contributed by atoms with Crippen LogP contribution in [0.15, 0.2) is 0 Å². The molecule has 0 unspecified atom stereocenters. The molecule has 100 valence electrons. The number of hydrogen-bond donors (Lipinski definition) is 4. The smallest absolute Gasteiger partial charge is 0.155 e. The predicted octanol–water partition coefficient (Wildman–Crippen LogP) is -0.216. The highest BCUT2D eigenvalue weighted by Crippen LogP contribution is 2.46. The summed E-state index contributed by atoms with van der Waals surface area (Å²) in [4.78, 5) is 0. The van der Waals surface area contributed by atoms with Crippen molar-refractivity contribution in [3.05, 3.63) is 0 Å². The van der Waals surface area contributed by atoms with Crippen LogP contribution in [-0.2, 0) is 4.74 Å². The van der Waals surface area contributed by atoms with Gasteiger partial charge in [0, 0.05) is 12.8 Å². The standard InChI is InChI=1S/C12H23NO4/c1-6(2-3-10(13)15)12-7-4-11(16)17-9(7)5-8(12)14/h6-12,14-16H,2-5,13H2,1H3/t6-,7+,8-,9+,10-,11-,12-/m1/s1. The van der Waals surface area contributed by atoms with Gasteiger partial charge in [-0.15, -0.1) is 0 Å². The molecule has 0 aromatic rings. The van der Waals surface area contributed by atoms with Gasteiger partial charge in [0.1, 0.15) is 6.23 Å². The molecule has 0 spiro atoms. The van der Waals surface area contributed by atoms with Gasteiger partial charge in [-0.2, -0.15) is 0 Å². The summed E-state index contributed by atoms with van der Waals surface area (Å²) in [7, 11) is 0. The summed E-state index contributed by atoms with van der Waals surface area (Å²) in [5, 5.41) is 28.6. The zero-order valence-electron chi connectivity index (χ0n) is 10.2. The first-order valence-electron chi connectivity index (χ1n) is 6.44. The molecule has 5 nitrogen and oxygen atoms in total. The van der Waals surface area contributed by atoms with E-state index in [1.54, 1.807) is 0 Å². The third kappa shape index (κ3) is 2.80. The van der Waals surface area contributed by atoms with Gasteiger partial charge in [-0.1, -0.05) is 6.92 Å². The second-order valence-corrected chi connectivity index (χ2v) is 5.53. The SMILES string of the molecule is C[C@H](CC[C@H](N)O)[C@@H]1[C@H]2C[C@H](O)O[C@H]2C[C@H]1O. The molecule has 0 amide bonds. The van der Waals surface area contributed by atoms with Crippen LogP contribution in [0.25, 0.3) is 0 Å². The van der Waals surface area contributed by atoms with E-state index in [1.807, 2.05) is 0 Å². The monoisotopic (exact) mass is 245 g/mol. The van der Waals surface area contributed by atoms with Gasteiger partial charge in [-0.3, -0.25) is 0 Å². The topological polar surface area (TPSA) is 95.9 Å². The average Bonchev–Trinajstić information content (AvgIpc) is 2.69. The molecule has 0 bridgehead atoms. The Labute approximate surface area is 102 Å². The molecule has 5 N–H and O–H groups in total. The number of fused-ring (bicyclic) bond motifs is 1. The lowest BCUT2D eigenvalue weighted by Crippen LogP contribution is -2.29. The lowest BCUT2D eigenvalue weighted by Gasteiger charge is -2.27. The minimum absolute atomic E-state index is 0.00440. The fourth-order valence-corrected chi connectivity index (χ4v) is 3.49. The molecule has 1 aliphatic heterocycles. The van der Waals surface area contributed by atoms with Gasteiger partial charge < -0.3 is 25.8 Å². The van der Waals surface area contributed by atoms with Gasteiger partial charge in [-0.25, -0.2) is 0 Å². The minimum atomic E-state index is -0.780. The van der Waals surface area contributed by atoms with Crippen molar-refractivity contribution < 1.29 is 20.1 Å². The van der Waals surface area contributed by atoms with Crippen LogP contribution in [0.1, 0.15) is 32.6 Å². The number of hydrogen-bond acceptors (Lipinski definition) is 5. The van der Waals surface area contributed by atoms with Crippen LogP contribution in [-0.4, -0.2) is 40.0 Å². The molecule has 1 heterocycles. The quantitative estimate of drug-likeness (QED) is 0.514. The summed E-state index contributed by atoms with van der Waals surface area (Å²) in [6.07, 6.45) is 0.746. The zero-order chi connectivity index (χ0) is 12.6. The Balaban J connectivity index is 1.94. The normalized spacial score (nSPS) is 44.6. The van der Waals surface area contributed by atoms with Crippen molar-refractivity contribution in [2.45, 2.75) is 57.3 Å². The molecule has 0 aromatic carbocycles. The Morgan fingerprint density at radius 2 is 2.00 bits per heavy atom. The largest absolute Gasteiger partial charge is 0.393 e. The second kappa shape index (κ2) is 5.20. The van der Waals surface area contributed by atoms with Crippen molar-refractivity contribution in [3.63, 3.8) is 0 Å². The summed E-state index contributed by atoms with van der Waals surface area (Å²) in [5.41, 5.74) is 5.33. The first-order valence-corrected chi connectivity index (χ1v) is 6.44. The third-order valence-electron chi connectivity index (χ3n) is 4.27. The molecule has 2 rings (SSSR count). The lowest BCUT2D eigenvalue weighted by atomic mass is 9.80. The Kier molecular flexibility index (Phi) is 4.05. The van der Waals surface area contributed by atoms with Crippen LogP contribution in [0.5, 0.6) is 0 Å². The minimum Gasteiger partial charge on any atom is -0.393 e. The maximum absolute atomic E-state index is 10.1. The molecule has 17 heavy (non-hydrogen) atoms. The van der Waals surface area contributed by atoms with E-state index in [9.17, 15) is 10.2 Å². The number of aliphatic hydroxyl groups excluding tert-OH is 3. The van der Waals surface area contributed by atoms with E-state index in [2.05, 4.69) is 6.92 Å². The van der Waals surface area contributed by atoms with Crippen LogP contribution in [0, 0.1) is 17.8 Å². The number of rotatable bonds is 4. The molecular formula is C12H23NO4. The van der Waals surface area contributed by atoms with E-state index in [0.29, 0.717) is 19.3 Å². The summed E-state index contributed by atoms with van der Waals surface area (Å²) in [6, 6.07) is 0. The molecule has 0 aromatic heterocycles. The fraction of sp³-hybridized carbons (Fsp3) is 1.00. The van der Waals surface area contributed by atoms with Crippen LogP contribution in [0.4, 0.5) is 0 Å². The first kappa shape index (κ1) is 13.2. The van der Waals surface area contributed by atoms with Gasteiger partial charge in [0.25, 0.3) is 0 Å². The van der Waals surface area contributed by atoms with E-state index in [-0.39, 0.29) is 30.0 Å². The lowest BCUT2D eigenvalue weighted by molar-refractivity contribution is -0.0953. The number of nitrogens with two attached hydrogens (primary N) is 1. The molecule has 1 saturated carbocycles. The molecule has 1 aliphatic carbocycles. The fourth-order valence-electron chi connectivity index (χ4n) is 3.49. The highest BCUT2D eigenvalue weighted by atomic mass is 16.6. The van der Waals surface area contributed by atoms with E-state index in [1.165, 1.54) is 0 Å². The summed E-state index contributed by atoms with van der Waals surface area (Å²) in [6.45, 7) is 2.07. The molecule has 5 heteroatoms. The second-order valence-electron chi connectivity index (χ2n) is 5.53. The predicted molar refractivity (Wildman–Crippen MR) is 61.7 cm³/mol. The third-order valence-corrected chi connectivity index (χ3v) is 4.27. The highest BCUT2D eigenvalue weighted by molar-refractivity contribution is 4.97. The van der Waals surface area contributed by atoms with E-state index >= 15 is 0 Å². The van der Waals surface area contributed by atoms with Crippen molar-refractivity contribution in [2.24, 2.45) is 23.5 Å². The van der Waals surface area contributed by atoms with Crippen molar-refractivity contribution in [2.75, 3.05) is 0 Å². The molecule has 1 saturated heterocycles.